The van der Waals surface area contributed by atoms with E-state index < -0.39 is 5.97 Å². The van der Waals surface area contributed by atoms with Gasteiger partial charge in [0.15, 0.2) is 0 Å². The van der Waals surface area contributed by atoms with Crippen LogP contribution in [-0.4, -0.2) is 31.4 Å². The number of aromatic carboxylic acids is 1. The smallest absolute Gasteiger partial charge is 0.0866 e. The van der Waals surface area contributed by atoms with Crippen molar-refractivity contribution >= 4 is 17.7 Å². The highest BCUT2D eigenvalue weighted by Gasteiger charge is 2.13. The van der Waals surface area contributed by atoms with E-state index in [1.165, 1.54) is 32.4 Å². The monoisotopic (exact) mass is 265 g/mol. The van der Waals surface area contributed by atoms with Crippen LogP contribution in [0.2, 0.25) is 0 Å². The maximum atomic E-state index is 11.0. The number of carboxylic acid groups (broad SMARTS) is 1. The van der Waals surface area contributed by atoms with Crippen molar-refractivity contribution < 1.29 is 14.8 Å². The lowest BCUT2D eigenvalue weighted by Crippen LogP contribution is -3.13. The lowest BCUT2D eigenvalue weighted by atomic mass is 10.1. The minimum absolute atomic E-state index is 0.316. The summed E-state index contributed by atoms with van der Waals surface area (Å²) in [5.41, 5.74) is 0.316. The topological polar surface area (TPSA) is 44.6 Å². The number of piperidine rings is 1. The normalized spacial score (nSPS) is 16.7. The lowest BCUT2D eigenvalue weighted by Gasteiger charge is -2.23. The molecular formula is C14H19NO2S. The average molecular weight is 265 g/mol. The zero-order valence-corrected chi connectivity index (χ0v) is 11.3. The van der Waals surface area contributed by atoms with Gasteiger partial charge in [-0.15, -0.1) is 11.8 Å². The molecule has 18 heavy (non-hydrogen) atoms. The minimum atomic E-state index is -1.08. The van der Waals surface area contributed by atoms with Crippen LogP contribution in [0.1, 0.15) is 29.6 Å². The number of hydrogen-bond acceptors (Lipinski definition) is 3. The molecule has 1 aromatic rings. The number of carboxylic acids is 1. The molecule has 1 aliphatic heterocycles. The van der Waals surface area contributed by atoms with Crippen LogP contribution < -0.4 is 10.0 Å². The van der Waals surface area contributed by atoms with Crippen molar-refractivity contribution in [2.24, 2.45) is 0 Å². The van der Waals surface area contributed by atoms with Gasteiger partial charge in [0, 0.05) is 16.2 Å². The van der Waals surface area contributed by atoms with Gasteiger partial charge in [-0.3, -0.25) is 0 Å². The van der Waals surface area contributed by atoms with Crippen molar-refractivity contribution in [3.05, 3.63) is 29.8 Å². The molecule has 1 saturated heterocycles. The number of benzene rings is 1. The Bertz CT molecular complexity index is 403. The summed E-state index contributed by atoms with van der Waals surface area (Å²) in [5, 5.41) is 11.0. The number of quaternary nitrogens is 1. The minimum Gasteiger partial charge on any atom is -0.545 e. The predicted octanol–water partition coefficient (Wildman–Crippen LogP) is 0.211. The standard InChI is InChI=1S/C14H19NO2S/c16-14(17)12-6-2-3-7-13(12)18-11-10-15-8-4-1-5-9-15/h2-3,6-7H,1,4-5,8-11H2,(H,16,17). The summed E-state index contributed by atoms with van der Waals surface area (Å²) in [6.45, 7) is 3.65. The van der Waals surface area contributed by atoms with Crippen LogP contribution in [0.5, 0.6) is 0 Å². The summed E-state index contributed by atoms with van der Waals surface area (Å²) in [5.74, 6) is -0.108. The summed E-state index contributed by atoms with van der Waals surface area (Å²) in [7, 11) is 0. The molecule has 98 valence electrons. The molecule has 0 aliphatic carbocycles. The van der Waals surface area contributed by atoms with Crippen molar-refractivity contribution in [1.29, 1.82) is 0 Å². The SMILES string of the molecule is O=C([O-])c1ccccc1SCC[NH+]1CCCCC1. The van der Waals surface area contributed by atoms with Crippen molar-refractivity contribution in [2.45, 2.75) is 24.2 Å². The molecule has 4 heteroatoms. The van der Waals surface area contributed by atoms with Gasteiger partial charge < -0.3 is 14.8 Å². The van der Waals surface area contributed by atoms with Gasteiger partial charge in [-0.2, -0.15) is 0 Å². The summed E-state index contributed by atoms with van der Waals surface area (Å²) < 4.78 is 0. The van der Waals surface area contributed by atoms with Crippen molar-refractivity contribution in [2.75, 3.05) is 25.4 Å². The third kappa shape index (κ3) is 3.75. The molecule has 0 unspecified atom stereocenters. The quantitative estimate of drug-likeness (QED) is 0.774. The highest BCUT2D eigenvalue weighted by Crippen LogP contribution is 2.21. The van der Waals surface area contributed by atoms with Crippen LogP contribution in [0, 0.1) is 0 Å². The Morgan fingerprint density at radius 1 is 1.22 bits per heavy atom. The number of carbonyl (C=O) groups is 1. The van der Waals surface area contributed by atoms with Gasteiger partial charge in [0.05, 0.1) is 25.6 Å². The molecule has 0 radical (unpaired) electrons. The molecule has 0 bridgehead atoms. The second-order valence-electron chi connectivity index (χ2n) is 4.69. The van der Waals surface area contributed by atoms with Gasteiger partial charge in [-0.05, 0) is 25.3 Å². The van der Waals surface area contributed by atoms with Crippen molar-refractivity contribution in [3.63, 3.8) is 0 Å². The van der Waals surface area contributed by atoms with E-state index in [2.05, 4.69) is 0 Å². The first kappa shape index (κ1) is 13.4. The van der Waals surface area contributed by atoms with Crippen molar-refractivity contribution in [3.8, 4) is 0 Å². The molecule has 0 saturated carbocycles. The number of thioether (sulfide) groups is 1. The number of nitrogens with one attached hydrogen (secondary N) is 1. The number of likely N-dealkylation sites (tertiary alicyclic amines) is 1. The van der Waals surface area contributed by atoms with E-state index in [4.69, 9.17) is 0 Å². The van der Waals surface area contributed by atoms with E-state index in [0.29, 0.717) is 5.56 Å². The van der Waals surface area contributed by atoms with E-state index in [9.17, 15) is 9.90 Å². The molecule has 0 aromatic heterocycles. The maximum absolute atomic E-state index is 11.0. The van der Waals surface area contributed by atoms with Crippen LogP contribution >= 0.6 is 11.8 Å². The third-order valence-electron chi connectivity index (χ3n) is 3.38. The van der Waals surface area contributed by atoms with E-state index in [0.717, 1.165) is 17.2 Å². The molecule has 1 aromatic carbocycles. The van der Waals surface area contributed by atoms with Crippen LogP contribution in [-0.2, 0) is 0 Å². The van der Waals surface area contributed by atoms with Gasteiger partial charge in [-0.25, -0.2) is 0 Å². The lowest BCUT2D eigenvalue weighted by molar-refractivity contribution is -0.902. The van der Waals surface area contributed by atoms with Gasteiger partial charge >= 0.3 is 0 Å². The van der Waals surface area contributed by atoms with Crippen LogP contribution in [0.4, 0.5) is 0 Å². The summed E-state index contributed by atoms with van der Waals surface area (Å²) >= 11 is 1.63. The van der Waals surface area contributed by atoms with Gasteiger partial charge in [-0.1, -0.05) is 18.2 Å². The van der Waals surface area contributed by atoms with Crippen LogP contribution in [0.15, 0.2) is 29.2 Å². The Balaban J connectivity index is 1.84. The second kappa shape index (κ2) is 6.81. The fraction of sp³-hybridized carbons (Fsp3) is 0.500. The summed E-state index contributed by atoms with van der Waals surface area (Å²) in [6.07, 6.45) is 4.02. The summed E-state index contributed by atoms with van der Waals surface area (Å²) in [4.78, 5) is 13.4. The molecule has 2 rings (SSSR count). The highest BCUT2D eigenvalue weighted by atomic mass is 32.2. The Morgan fingerprint density at radius 3 is 2.67 bits per heavy atom. The number of hydrogen-bond donors (Lipinski definition) is 1. The Morgan fingerprint density at radius 2 is 1.94 bits per heavy atom. The molecule has 1 fully saturated rings. The third-order valence-corrected chi connectivity index (χ3v) is 4.46. The molecule has 0 amide bonds. The molecular weight excluding hydrogens is 246 g/mol. The average Bonchev–Trinajstić information content (AvgIpc) is 2.40. The predicted molar refractivity (Wildman–Crippen MR) is 70.9 cm³/mol. The molecule has 3 nitrogen and oxygen atoms in total. The van der Waals surface area contributed by atoms with Crippen molar-refractivity contribution in [1.82, 2.24) is 0 Å². The summed E-state index contributed by atoms with van der Waals surface area (Å²) in [6, 6.07) is 7.10. The fourth-order valence-corrected chi connectivity index (χ4v) is 3.46. The second-order valence-corrected chi connectivity index (χ2v) is 5.83. The van der Waals surface area contributed by atoms with Gasteiger partial charge in [0.2, 0.25) is 0 Å². The zero-order valence-electron chi connectivity index (χ0n) is 10.5. The molecule has 1 N–H and O–H groups in total. The van der Waals surface area contributed by atoms with E-state index >= 15 is 0 Å². The largest absolute Gasteiger partial charge is 0.545 e. The first-order valence-electron chi connectivity index (χ1n) is 6.54. The number of carbonyl (C=O) groups excluding carboxylic acids is 1. The Hall–Kier alpha value is -1.00. The first-order chi connectivity index (χ1) is 8.77. The van der Waals surface area contributed by atoms with E-state index in [1.807, 2.05) is 12.1 Å². The maximum Gasteiger partial charge on any atom is 0.0866 e. The van der Waals surface area contributed by atoms with E-state index in [1.54, 1.807) is 28.8 Å². The van der Waals surface area contributed by atoms with Crippen LogP contribution in [0.25, 0.3) is 0 Å². The zero-order chi connectivity index (χ0) is 12.8. The molecule has 1 heterocycles. The molecule has 1 aliphatic rings. The first-order valence-corrected chi connectivity index (χ1v) is 7.52. The van der Waals surface area contributed by atoms with Gasteiger partial charge in [0.25, 0.3) is 0 Å². The van der Waals surface area contributed by atoms with E-state index in [-0.39, 0.29) is 0 Å². The number of rotatable bonds is 5. The Kier molecular flexibility index (Phi) is 5.08. The molecule has 0 spiro atoms. The van der Waals surface area contributed by atoms with Gasteiger partial charge in [0.1, 0.15) is 0 Å². The fourth-order valence-electron chi connectivity index (χ4n) is 2.37. The molecule has 0 atom stereocenters. The highest BCUT2D eigenvalue weighted by molar-refractivity contribution is 7.99. The van der Waals surface area contributed by atoms with Crippen LogP contribution in [0.3, 0.4) is 0 Å². The Labute approximate surface area is 112 Å².